The van der Waals surface area contributed by atoms with E-state index in [0.29, 0.717) is 30.8 Å². The van der Waals surface area contributed by atoms with Gasteiger partial charge in [0.15, 0.2) is 0 Å². The van der Waals surface area contributed by atoms with Crippen LogP contribution in [0.5, 0.6) is 0 Å². The molecule has 2 bridgehead atoms. The molecule has 2 aliphatic rings. The fourth-order valence-electron chi connectivity index (χ4n) is 4.55. The summed E-state index contributed by atoms with van der Waals surface area (Å²) in [5.74, 6) is 0.587. The third-order valence-electron chi connectivity index (χ3n) is 6.12. The molecule has 2 aromatic rings. The number of carbonyl (C=O) groups is 2. The number of fused-ring (bicyclic) bond motifs is 2. The third-order valence-corrected chi connectivity index (χ3v) is 6.12. The van der Waals surface area contributed by atoms with Gasteiger partial charge in [-0.25, -0.2) is 0 Å². The molecule has 1 saturated carbocycles. The number of hydrogen-bond donors (Lipinski definition) is 2. The maximum Gasteiger partial charge on any atom is 0.257 e. The first-order valence-electron chi connectivity index (χ1n) is 10.7. The lowest BCUT2D eigenvalue weighted by Gasteiger charge is -2.19. The Morgan fingerprint density at radius 1 is 1.03 bits per heavy atom. The Balaban J connectivity index is 1.58. The van der Waals surface area contributed by atoms with E-state index in [-0.39, 0.29) is 17.7 Å². The maximum absolute atomic E-state index is 13.0. The minimum atomic E-state index is -0.559. The lowest BCUT2D eigenvalue weighted by atomic mass is 9.93. The highest BCUT2D eigenvalue weighted by Gasteiger charge is 2.35. The highest BCUT2D eigenvalue weighted by Crippen LogP contribution is 2.42. The first-order valence-corrected chi connectivity index (χ1v) is 10.7. The molecular formula is C25H27N3O3. The Labute approximate surface area is 181 Å². The number of aromatic nitrogens is 1. The van der Waals surface area contributed by atoms with Crippen molar-refractivity contribution >= 4 is 11.8 Å². The number of rotatable bonds is 8. The maximum atomic E-state index is 13.0. The zero-order valence-electron chi connectivity index (χ0n) is 17.4. The van der Waals surface area contributed by atoms with Crippen LogP contribution in [0.4, 0.5) is 0 Å². The molecule has 6 heteroatoms. The van der Waals surface area contributed by atoms with Crippen molar-refractivity contribution in [2.45, 2.75) is 19.4 Å². The van der Waals surface area contributed by atoms with Crippen molar-refractivity contribution in [3.05, 3.63) is 94.4 Å². The molecule has 160 valence electrons. The normalized spacial score (nSPS) is 21.1. The Kier molecular flexibility index (Phi) is 6.16. The highest BCUT2D eigenvalue weighted by molar-refractivity contribution is 5.99. The van der Waals surface area contributed by atoms with E-state index in [1.54, 1.807) is 10.6 Å². The summed E-state index contributed by atoms with van der Waals surface area (Å²) in [6.07, 6.45) is 11.3. The largest absolute Gasteiger partial charge is 0.352 e. The lowest BCUT2D eigenvalue weighted by Crippen LogP contribution is -2.37. The highest BCUT2D eigenvalue weighted by atomic mass is 16.2. The number of nitrogens with one attached hydrogen (secondary N) is 2. The molecule has 2 amide bonds. The quantitative estimate of drug-likeness (QED) is 0.648. The Morgan fingerprint density at radius 2 is 1.74 bits per heavy atom. The number of carbonyl (C=O) groups excluding carboxylic acids is 2. The van der Waals surface area contributed by atoms with Crippen LogP contribution in [-0.2, 0) is 6.54 Å². The number of hydrogen-bond acceptors (Lipinski definition) is 3. The van der Waals surface area contributed by atoms with Gasteiger partial charge in [-0.3, -0.25) is 14.4 Å². The van der Waals surface area contributed by atoms with Crippen molar-refractivity contribution in [2.24, 2.45) is 17.8 Å². The van der Waals surface area contributed by atoms with Crippen LogP contribution in [-0.4, -0.2) is 29.5 Å². The summed E-state index contributed by atoms with van der Waals surface area (Å²) in [4.78, 5) is 38.4. The van der Waals surface area contributed by atoms with Gasteiger partial charge >= 0.3 is 0 Å². The summed E-state index contributed by atoms with van der Waals surface area (Å²) < 4.78 is 1.72. The van der Waals surface area contributed by atoms with Gasteiger partial charge in [0.05, 0.1) is 0 Å². The van der Waals surface area contributed by atoms with E-state index >= 15 is 0 Å². The van der Waals surface area contributed by atoms with Crippen LogP contribution in [0.25, 0.3) is 0 Å². The molecule has 6 nitrogen and oxygen atoms in total. The lowest BCUT2D eigenvalue weighted by molar-refractivity contribution is 0.0943. The van der Waals surface area contributed by atoms with Crippen molar-refractivity contribution in [2.75, 3.05) is 13.1 Å². The Hall–Kier alpha value is -3.41. The molecule has 1 heterocycles. The number of amides is 2. The predicted molar refractivity (Wildman–Crippen MR) is 120 cm³/mol. The van der Waals surface area contributed by atoms with Gasteiger partial charge in [-0.1, -0.05) is 48.6 Å². The van der Waals surface area contributed by atoms with E-state index in [2.05, 4.69) is 29.4 Å². The molecular weight excluding hydrogens is 390 g/mol. The molecule has 2 aliphatic carbocycles. The van der Waals surface area contributed by atoms with Crippen LogP contribution in [0.1, 0.15) is 39.1 Å². The van der Waals surface area contributed by atoms with E-state index in [1.165, 1.54) is 12.4 Å². The molecule has 0 spiro atoms. The van der Waals surface area contributed by atoms with Gasteiger partial charge in [0.2, 0.25) is 5.43 Å². The monoisotopic (exact) mass is 417 g/mol. The average Bonchev–Trinajstić information content (AvgIpc) is 3.41. The summed E-state index contributed by atoms with van der Waals surface area (Å²) >= 11 is 0. The second-order valence-electron chi connectivity index (χ2n) is 8.32. The van der Waals surface area contributed by atoms with Crippen LogP contribution in [0.2, 0.25) is 0 Å². The van der Waals surface area contributed by atoms with Gasteiger partial charge in [-0.15, -0.1) is 6.58 Å². The predicted octanol–water partition coefficient (Wildman–Crippen LogP) is 2.75. The fourth-order valence-corrected chi connectivity index (χ4v) is 4.55. The van der Waals surface area contributed by atoms with Crippen LogP contribution in [0.3, 0.4) is 0 Å². The second kappa shape index (κ2) is 9.16. The van der Waals surface area contributed by atoms with Crippen molar-refractivity contribution in [3.8, 4) is 0 Å². The molecule has 0 unspecified atom stereocenters. The first kappa shape index (κ1) is 20.8. The topological polar surface area (TPSA) is 80.2 Å². The summed E-state index contributed by atoms with van der Waals surface area (Å²) in [6.45, 7) is 4.80. The molecule has 0 radical (unpaired) electrons. The van der Waals surface area contributed by atoms with Crippen molar-refractivity contribution in [1.29, 1.82) is 0 Å². The molecule has 1 aromatic carbocycles. The number of benzene rings is 1. The van der Waals surface area contributed by atoms with Crippen molar-refractivity contribution < 1.29 is 9.59 Å². The van der Waals surface area contributed by atoms with Gasteiger partial charge in [0.25, 0.3) is 11.8 Å². The first-order chi connectivity index (χ1) is 15.0. The number of allylic oxidation sites excluding steroid dienone is 2. The molecule has 0 aliphatic heterocycles. The average molecular weight is 418 g/mol. The molecule has 1 fully saturated rings. The Morgan fingerprint density at radius 3 is 2.35 bits per heavy atom. The third kappa shape index (κ3) is 4.68. The molecule has 0 saturated heterocycles. The molecule has 3 atom stereocenters. The standard InChI is InChI=1S/C25H27N3O3/c1-2-10-26-24(30)21-15-28(14-17-6-4-3-5-7-17)16-22(23(21)29)25(31)27-13-20-12-18-8-9-19(20)11-18/h2-9,15-16,18-20H,1,10-14H2,(H,26,30)(H,27,31)/t18-,19+,20-/m0/s1. The van der Waals surface area contributed by atoms with Gasteiger partial charge in [-0.2, -0.15) is 0 Å². The minimum Gasteiger partial charge on any atom is -0.352 e. The van der Waals surface area contributed by atoms with Gasteiger partial charge in [0.1, 0.15) is 11.1 Å². The molecule has 31 heavy (non-hydrogen) atoms. The van der Waals surface area contributed by atoms with Gasteiger partial charge in [0, 0.05) is 32.0 Å². The summed E-state index contributed by atoms with van der Waals surface area (Å²) in [6, 6.07) is 9.68. The fraction of sp³-hybridized carbons (Fsp3) is 0.320. The second-order valence-corrected chi connectivity index (χ2v) is 8.32. The summed E-state index contributed by atoms with van der Waals surface area (Å²) in [5, 5.41) is 5.57. The van der Waals surface area contributed by atoms with E-state index in [9.17, 15) is 14.4 Å². The molecule has 1 aromatic heterocycles. The zero-order chi connectivity index (χ0) is 21.8. The van der Waals surface area contributed by atoms with Crippen LogP contribution < -0.4 is 16.1 Å². The number of nitrogens with zero attached hydrogens (tertiary/aromatic N) is 1. The van der Waals surface area contributed by atoms with E-state index < -0.39 is 17.2 Å². The van der Waals surface area contributed by atoms with Crippen LogP contribution in [0, 0.1) is 17.8 Å². The van der Waals surface area contributed by atoms with Crippen molar-refractivity contribution in [3.63, 3.8) is 0 Å². The summed E-state index contributed by atoms with van der Waals surface area (Å²) in [7, 11) is 0. The van der Waals surface area contributed by atoms with Crippen LogP contribution >= 0.6 is 0 Å². The van der Waals surface area contributed by atoms with Gasteiger partial charge < -0.3 is 15.2 Å². The van der Waals surface area contributed by atoms with Crippen molar-refractivity contribution in [1.82, 2.24) is 15.2 Å². The molecule has 2 N–H and O–H groups in total. The Bertz CT molecular complexity index is 1070. The SMILES string of the molecule is C=CCNC(=O)c1cn(Cc2ccccc2)cc(C(=O)NC[C@@H]2C[C@H]3C=C[C@@H]2C3)c1=O. The smallest absolute Gasteiger partial charge is 0.257 e. The minimum absolute atomic E-state index is 0.0131. The van der Waals surface area contributed by atoms with E-state index in [0.717, 1.165) is 18.4 Å². The van der Waals surface area contributed by atoms with Crippen LogP contribution in [0.15, 0.2) is 72.3 Å². The zero-order valence-corrected chi connectivity index (χ0v) is 17.4. The van der Waals surface area contributed by atoms with E-state index in [4.69, 9.17) is 0 Å². The van der Waals surface area contributed by atoms with E-state index in [1.807, 2.05) is 30.3 Å². The van der Waals surface area contributed by atoms with Gasteiger partial charge in [-0.05, 0) is 36.2 Å². The number of pyridine rings is 1. The molecule has 4 rings (SSSR count). The summed E-state index contributed by atoms with van der Waals surface area (Å²) in [5.41, 5.74) is 0.383.